The minimum absolute atomic E-state index is 0.179. The van der Waals surface area contributed by atoms with Crippen molar-refractivity contribution in [1.82, 2.24) is 0 Å². The molecule has 0 fully saturated rings. The Labute approximate surface area is 151 Å². The van der Waals surface area contributed by atoms with Gasteiger partial charge in [-0.15, -0.1) is 0 Å². The molecule has 140 valence electrons. The maximum atomic E-state index is 13.0. The standard InChI is InChI=1S/C18H26O5.H2OP/c1-6-10-23-18(20)13(11-12(2)3)17(19)16-14(21-4)8-7-9-15(16)22-5;1-2/h7-9,12-13H,6,10-11H2,1-5H3;2H2/q;+1. The van der Waals surface area contributed by atoms with Crippen molar-refractivity contribution in [2.24, 2.45) is 11.8 Å². The summed E-state index contributed by atoms with van der Waals surface area (Å²) in [5.41, 5.74) is 0.289. The Kier molecular flexibility index (Phi) is 11.5. The number of ketones is 1. The summed E-state index contributed by atoms with van der Waals surface area (Å²) in [6.07, 6.45) is 1.13. The Morgan fingerprint density at radius 1 is 1.08 bits per heavy atom. The van der Waals surface area contributed by atoms with E-state index in [4.69, 9.17) is 18.8 Å². The van der Waals surface area contributed by atoms with E-state index < -0.39 is 11.9 Å². The van der Waals surface area contributed by atoms with Crippen LogP contribution in [0, 0.1) is 11.8 Å². The lowest BCUT2D eigenvalue weighted by atomic mass is 9.89. The molecular weight excluding hydrogens is 343 g/mol. The molecule has 6 nitrogen and oxygen atoms in total. The molecule has 0 aromatic heterocycles. The van der Waals surface area contributed by atoms with Crippen LogP contribution in [0.4, 0.5) is 0 Å². The summed E-state index contributed by atoms with van der Waals surface area (Å²) in [6, 6.07) is 5.10. The van der Waals surface area contributed by atoms with Crippen LogP contribution < -0.4 is 9.47 Å². The van der Waals surface area contributed by atoms with Crippen LogP contribution in [0.15, 0.2) is 18.2 Å². The van der Waals surface area contributed by atoms with Crippen molar-refractivity contribution in [1.29, 1.82) is 0 Å². The van der Waals surface area contributed by atoms with E-state index in [1.54, 1.807) is 18.2 Å². The molecule has 0 heterocycles. The van der Waals surface area contributed by atoms with Crippen LogP contribution in [0.2, 0.25) is 0 Å². The number of carbonyl (C=O) groups is 2. The molecule has 2 atom stereocenters. The molecule has 25 heavy (non-hydrogen) atoms. The number of esters is 1. The normalized spacial score (nSPS) is 11.1. The van der Waals surface area contributed by atoms with Gasteiger partial charge < -0.3 is 14.2 Å². The van der Waals surface area contributed by atoms with E-state index in [-0.39, 0.29) is 17.3 Å². The molecule has 0 aliphatic carbocycles. The molecule has 0 aliphatic rings. The Morgan fingerprint density at radius 2 is 1.60 bits per heavy atom. The van der Waals surface area contributed by atoms with Crippen molar-refractivity contribution in [2.75, 3.05) is 20.8 Å². The molecule has 0 spiro atoms. The second-order valence-corrected chi connectivity index (χ2v) is 5.75. The second-order valence-electron chi connectivity index (χ2n) is 5.75. The van der Waals surface area contributed by atoms with Gasteiger partial charge in [-0.1, -0.05) is 31.4 Å². The Morgan fingerprint density at radius 3 is 2.00 bits per heavy atom. The molecular formula is C18H28O6P+. The highest BCUT2D eigenvalue weighted by atomic mass is 31.0. The van der Waals surface area contributed by atoms with E-state index in [1.807, 2.05) is 20.8 Å². The lowest BCUT2D eigenvalue weighted by Crippen LogP contribution is -2.28. The summed E-state index contributed by atoms with van der Waals surface area (Å²) in [7, 11) is 4.14. The first kappa shape index (κ1) is 23.1. The highest BCUT2D eigenvalue weighted by molar-refractivity contribution is 7.00. The molecule has 0 radical (unpaired) electrons. The fourth-order valence-corrected chi connectivity index (χ4v) is 2.35. The molecule has 0 amide bonds. The molecule has 1 rings (SSSR count). The van der Waals surface area contributed by atoms with E-state index in [0.717, 1.165) is 0 Å². The van der Waals surface area contributed by atoms with Crippen molar-refractivity contribution in [3.8, 4) is 11.5 Å². The van der Waals surface area contributed by atoms with Gasteiger partial charge in [-0.05, 0) is 30.9 Å². The van der Waals surface area contributed by atoms with Crippen molar-refractivity contribution in [3.63, 3.8) is 0 Å². The van der Waals surface area contributed by atoms with Crippen LogP contribution in [-0.4, -0.2) is 32.6 Å². The van der Waals surface area contributed by atoms with Crippen LogP contribution in [0.3, 0.4) is 0 Å². The number of hydrogen-bond donors (Lipinski definition) is 0. The maximum absolute atomic E-state index is 13.0. The van der Waals surface area contributed by atoms with Crippen LogP contribution in [0.25, 0.3) is 0 Å². The first-order valence-corrected chi connectivity index (χ1v) is 8.58. The predicted molar refractivity (Wildman–Crippen MR) is 98.5 cm³/mol. The molecule has 7 heteroatoms. The first-order valence-electron chi connectivity index (χ1n) is 8.11. The van der Waals surface area contributed by atoms with Gasteiger partial charge in [0.2, 0.25) is 0 Å². The Hall–Kier alpha value is -1.94. The molecule has 0 aliphatic heterocycles. The zero-order chi connectivity index (χ0) is 19.4. The van der Waals surface area contributed by atoms with Crippen LogP contribution in [0.1, 0.15) is 44.0 Å². The molecule has 0 saturated carbocycles. The van der Waals surface area contributed by atoms with Gasteiger partial charge in [-0.2, -0.15) is 0 Å². The lowest BCUT2D eigenvalue weighted by Gasteiger charge is -2.19. The van der Waals surface area contributed by atoms with E-state index in [0.29, 0.717) is 30.9 Å². The monoisotopic (exact) mass is 371 g/mol. The van der Waals surface area contributed by atoms with Crippen LogP contribution in [-0.2, 0) is 14.1 Å². The molecule has 0 saturated heterocycles. The highest BCUT2D eigenvalue weighted by Crippen LogP contribution is 2.32. The van der Waals surface area contributed by atoms with Crippen molar-refractivity contribution in [2.45, 2.75) is 33.6 Å². The molecule has 1 aromatic rings. The van der Waals surface area contributed by atoms with E-state index in [9.17, 15) is 9.59 Å². The summed E-state index contributed by atoms with van der Waals surface area (Å²) in [5.74, 6) is -0.698. The van der Waals surface area contributed by atoms with Crippen molar-refractivity contribution < 1.29 is 28.4 Å². The zero-order valence-corrected chi connectivity index (χ0v) is 16.7. The number of ether oxygens (including phenoxy) is 3. The first-order chi connectivity index (χ1) is 12.0. The van der Waals surface area contributed by atoms with Gasteiger partial charge >= 0.3 is 15.1 Å². The van der Waals surface area contributed by atoms with Crippen LogP contribution >= 0.6 is 9.12 Å². The van der Waals surface area contributed by atoms with Gasteiger partial charge in [0.25, 0.3) is 0 Å². The third-order valence-corrected chi connectivity index (χ3v) is 3.43. The summed E-state index contributed by atoms with van der Waals surface area (Å²) in [4.78, 5) is 25.3. The third kappa shape index (κ3) is 6.83. The van der Waals surface area contributed by atoms with Crippen molar-refractivity contribution >= 4 is 20.9 Å². The average Bonchev–Trinajstić information content (AvgIpc) is 2.64. The van der Waals surface area contributed by atoms with Gasteiger partial charge in [-0.3, -0.25) is 9.59 Å². The number of benzene rings is 1. The summed E-state index contributed by atoms with van der Waals surface area (Å²) in [5, 5.41) is 0. The number of hydrogen-bond acceptors (Lipinski definition) is 6. The quantitative estimate of drug-likeness (QED) is 0.285. The van der Waals surface area contributed by atoms with E-state index in [1.165, 1.54) is 23.3 Å². The molecule has 0 bridgehead atoms. The minimum Gasteiger partial charge on any atom is -0.496 e. The molecule has 1 aromatic carbocycles. The Bertz CT molecular complexity index is 536. The van der Waals surface area contributed by atoms with Gasteiger partial charge in [0, 0.05) is 0 Å². The van der Waals surface area contributed by atoms with Gasteiger partial charge in [-0.25, -0.2) is 0 Å². The highest BCUT2D eigenvalue weighted by Gasteiger charge is 2.33. The molecule has 2 unspecified atom stereocenters. The van der Waals surface area contributed by atoms with Gasteiger partial charge in [0.15, 0.2) is 5.78 Å². The molecule has 0 N–H and O–H groups in total. The largest absolute Gasteiger partial charge is 0.496 e. The summed E-state index contributed by atoms with van der Waals surface area (Å²) >= 11 is 0. The summed E-state index contributed by atoms with van der Waals surface area (Å²) in [6.45, 7) is 6.15. The van der Waals surface area contributed by atoms with Crippen LogP contribution in [0.5, 0.6) is 11.5 Å². The number of rotatable bonds is 9. The zero-order valence-electron chi connectivity index (χ0n) is 15.5. The van der Waals surface area contributed by atoms with Gasteiger partial charge in [0.05, 0.1) is 20.8 Å². The summed E-state index contributed by atoms with van der Waals surface area (Å²) < 4.78 is 23.9. The van der Waals surface area contributed by atoms with Crippen molar-refractivity contribution in [3.05, 3.63) is 23.8 Å². The number of methoxy groups -OCH3 is 2. The number of carbonyl (C=O) groups excluding carboxylic acids is 2. The third-order valence-electron chi connectivity index (χ3n) is 3.43. The average molecular weight is 371 g/mol. The van der Waals surface area contributed by atoms with Gasteiger partial charge in [0.1, 0.15) is 23.0 Å². The smallest absolute Gasteiger partial charge is 0.316 e. The Balaban J connectivity index is 0.00000277. The minimum atomic E-state index is -0.855. The predicted octanol–water partition coefficient (Wildman–Crippen LogP) is 3.71. The SMILES string of the molecule is CCCOC(=O)C(CC(C)C)C(=O)c1c(OC)cccc1OC.O=[PH2+]. The van der Waals surface area contributed by atoms with E-state index >= 15 is 0 Å². The fourth-order valence-electron chi connectivity index (χ4n) is 2.35. The fraction of sp³-hybridized carbons (Fsp3) is 0.556. The number of Topliss-reactive ketones (excluding diaryl/α,β-unsaturated/α-hetero) is 1. The lowest BCUT2D eigenvalue weighted by molar-refractivity contribution is -0.147. The second kappa shape index (κ2) is 12.4. The maximum Gasteiger partial charge on any atom is 0.316 e. The van der Waals surface area contributed by atoms with E-state index in [2.05, 4.69) is 0 Å². The topological polar surface area (TPSA) is 78.9 Å².